The molecule has 2 aliphatic rings. The average molecular weight is 432 g/mol. The zero-order valence-electron chi connectivity index (χ0n) is 18.3. The maximum Gasteiger partial charge on any atom is 0.123 e. The summed E-state index contributed by atoms with van der Waals surface area (Å²) in [6.07, 6.45) is 6.12. The third-order valence-electron chi connectivity index (χ3n) is 7.06. The van der Waals surface area contributed by atoms with E-state index in [4.69, 9.17) is 0 Å². The highest BCUT2D eigenvalue weighted by molar-refractivity contribution is 5.63. The summed E-state index contributed by atoms with van der Waals surface area (Å²) in [6, 6.07) is 20.0. The number of aromatic nitrogens is 1. The number of pyridine rings is 1. The van der Waals surface area contributed by atoms with E-state index in [1.807, 2.05) is 30.6 Å². The molecule has 0 bridgehead atoms. The van der Waals surface area contributed by atoms with Gasteiger partial charge in [0.2, 0.25) is 0 Å². The van der Waals surface area contributed by atoms with Crippen molar-refractivity contribution < 1.29 is 9.50 Å². The van der Waals surface area contributed by atoms with Crippen molar-refractivity contribution in [3.05, 3.63) is 90.0 Å². The first-order valence-corrected chi connectivity index (χ1v) is 11.6. The van der Waals surface area contributed by atoms with Gasteiger partial charge in [0.25, 0.3) is 0 Å². The number of nitrogens with zero attached hydrogens (tertiary/aromatic N) is 3. The van der Waals surface area contributed by atoms with Gasteiger partial charge in [0.15, 0.2) is 0 Å². The molecule has 0 amide bonds. The van der Waals surface area contributed by atoms with Crippen LogP contribution in [0.25, 0.3) is 11.1 Å². The van der Waals surface area contributed by atoms with Crippen molar-refractivity contribution in [3.8, 4) is 11.1 Å². The summed E-state index contributed by atoms with van der Waals surface area (Å²) in [4.78, 5) is 9.33. The summed E-state index contributed by atoms with van der Waals surface area (Å²) >= 11 is 0. The zero-order chi connectivity index (χ0) is 21.9. The lowest BCUT2D eigenvalue weighted by atomic mass is 9.74. The lowest BCUT2D eigenvalue weighted by Gasteiger charge is -2.57. The molecule has 3 atom stereocenters. The number of rotatable bonds is 5. The molecule has 4 nitrogen and oxygen atoms in total. The number of benzene rings is 2. The third-order valence-corrected chi connectivity index (χ3v) is 7.06. The second-order valence-corrected chi connectivity index (χ2v) is 9.01. The minimum absolute atomic E-state index is 0.176. The summed E-state index contributed by atoms with van der Waals surface area (Å²) < 4.78 is 13.3. The summed E-state index contributed by atoms with van der Waals surface area (Å²) in [7, 11) is 0. The molecule has 3 aromatic rings. The van der Waals surface area contributed by atoms with E-state index in [2.05, 4.69) is 45.1 Å². The molecule has 3 heterocycles. The van der Waals surface area contributed by atoms with Crippen LogP contribution in [0.4, 0.5) is 4.39 Å². The van der Waals surface area contributed by atoms with Crippen LogP contribution >= 0.6 is 0 Å². The molecule has 0 saturated carbocycles. The van der Waals surface area contributed by atoms with E-state index in [-0.39, 0.29) is 18.5 Å². The second-order valence-electron chi connectivity index (χ2n) is 9.01. The van der Waals surface area contributed by atoms with Crippen LogP contribution in [0, 0.1) is 5.82 Å². The van der Waals surface area contributed by atoms with Gasteiger partial charge < -0.3 is 5.11 Å². The molecule has 0 unspecified atom stereocenters. The minimum Gasteiger partial charge on any atom is -0.395 e. The Hall–Kier alpha value is -2.60. The zero-order valence-corrected chi connectivity index (χ0v) is 18.3. The van der Waals surface area contributed by atoms with Gasteiger partial charge in [0.1, 0.15) is 5.82 Å². The van der Waals surface area contributed by atoms with Crippen molar-refractivity contribution in [2.24, 2.45) is 0 Å². The first-order valence-electron chi connectivity index (χ1n) is 11.6. The van der Waals surface area contributed by atoms with Crippen LogP contribution in [0.5, 0.6) is 0 Å². The molecule has 2 aliphatic heterocycles. The van der Waals surface area contributed by atoms with Crippen LogP contribution in [-0.2, 0) is 6.54 Å². The number of hydrogen-bond acceptors (Lipinski definition) is 4. The van der Waals surface area contributed by atoms with E-state index < -0.39 is 0 Å². The van der Waals surface area contributed by atoms with Crippen molar-refractivity contribution in [1.82, 2.24) is 14.8 Å². The third kappa shape index (κ3) is 4.33. The van der Waals surface area contributed by atoms with Gasteiger partial charge in [-0.1, -0.05) is 42.5 Å². The molecule has 5 rings (SSSR count). The van der Waals surface area contributed by atoms with Crippen LogP contribution < -0.4 is 0 Å². The molecule has 1 N–H and O–H groups in total. The Morgan fingerprint density at radius 2 is 1.66 bits per heavy atom. The SMILES string of the molecule is OC[C@@H]1[C@H](c2ccc(-c3ccc(F)cc3)cc2)[C@@H]2CN(Cc3cccnc3)CCCCN12. The monoisotopic (exact) mass is 431 g/mol. The quantitative estimate of drug-likeness (QED) is 0.653. The van der Waals surface area contributed by atoms with Crippen LogP contribution in [-0.4, -0.2) is 58.2 Å². The van der Waals surface area contributed by atoms with E-state index in [1.54, 1.807) is 0 Å². The number of fused-ring (bicyclic) bond motifs is 1. The average Bonchev–Trinajstić information content (AvgIpc) is 2.81. The number of halogens is 1. The van der Waals surface area contributed by atoms with Crippen LogP contribution in [0.15, 0.2) is 73.1 Å². The van der Waals surface area contributed by atoms with Crippen LogP contribution in [0.1, 0.15) is 29.9 Å². The number of aliphatic hydroxyl groups excluding tert-OH is 1. The van der Waals surface area contributed by atoms with E-state index in [0.717, 1.165) is 43.7 Å². The molecule has 2 fully saturated rings. The van der Waals surface area contributed by atoms with E-state index in [0.29, 0.717) is 12.0 Å². The molecular weight excluding hydrogens is 401 g/mol. The standard InChI is InChI=1S/C27H30FN3O/c28-24-11-9-22(10-12-24)21-5-7-23(8-6-21)27-25-18-30(17-20-4-3-13-29-16-20)14-1-2-15-31(25)26(27)19-32/h3-13,16,25-27,32H,1-2,14-15,17-19H2/t25-,26+,27+/m0/s1. The molecule has 5 heteroatoms. The normalized spacial score (nSPS) is 24.2. The lowest BCUT2D eigenvalue weighted by Crippen LogP contribution is -2.67. The largest absolute Gasteiger partial charge is 0.395 e. The van der Waals surface area contributed by atoms with Crippen LogP contribution in [0.3, 0.4) is 0 Å². The molecule has 2 aromatic carbocycles. The Balaban J connectivity index is 1.35. The molecular formula is C27H30FN3O. The highest BCUT2D eigenvalue weighted by Crippen LogP contribution is 2.42. The fraction of sp³-hybridized carbons (Fsp3) is 0.370. The molecule has 0 radical (unpaired) electrons. The molecule has 0 aliphatic carbocycles. The Morgan fingerprint density at radius 1 is 0.938 bits per heavy atom. The van der Waals surface area contributed by atoms with Crippen molar-refractivity contribution in [1.29, 1.82) is 0 Å². The van der Waals surface area contributed by atoms with Crippen LogP contribution in [0.2, 0.25) is 0 Å². The molecule has 0 spiro atoms. The Kier molecular flexibility index (Phi) is 6.30. The fourth-order valence-electron chi connectivity index (χ4n) is 5.45. The lowest BCUT2D eigenvalue weighted by molar-refractivity contribution is -0.0655. The Morgan fingerprint density at radius 3 is 2.34 bits per heavy atom. The van der Waals surface area contributed by atoms with Gasteiger partial charge in [-0.3, -0.25) is 14.8 Å². The summed E-state index contributed by atoms with van der Waals surface area (Å²) in [5.74, 6) is 0.0996. The smallest absolute Gasteiger partial charge is 0.123 e. The van der Waals surface area contributed by atoms with Gasteiger partial charge in [-0.05, 0) is 66.4 Å². The van der Waals surface area contributed by atoms with E-state index >= 15 is 0 Å². The van der Waals surface area contributed by atoms with Gasteiger partial charge in [0.05, 0.1) is 6.61 Å². The van der Waals surface area contributed by atoms with Gasteiger partial charge in [-0.15, -0.1) is 0 Å². The predicted molar refractivity (Wildman–Crippen MR) is 125 cm³/mol. The minimum atomic E-state index is -0.217. The topological polar surface area (TPSA) is 39.6 Å². The van der Waals surface area contributed by atoms with Gasteiger partial charge in [-0.25, -0.2) is 4.39 Å². The molecule has 166 valence electrons. The summed E-state index contributed by atoms with van der Waals surface area (Å²) in [5, 5.41) is 10.2. The van der Waals surface area contributed by atoms with Crippen molar-refractivity contribution >= 4 is 0 Å². The van der Waals surface area contributed by atoms with Gasteiger partial charge in [-0.2, -0.15) is 0 Å². The Bertz CT molecular complexity index is 1010. The summed E-state index contributed by atoms with van der Waals surface area (Å²) in [6.45, 7) is 4.25. The van der Waals surface area contributed by atoms with Gasteiger partial charge in [0, 0.05) is 43.5 Å². The Labute approximate surface area is 189 Å². The van der Waals surface area contributed by atoms with E-state index in [9.17, 15) is 9.50 Å². The second kappa shape index (κ2) is 9.49. The van der Waals surface area contributed by atoms with Crippen molar-refractivity contribution in [3.63, 3.8) is 0 Å². The molecule has 32 heavy (non-hydrogen) atoms. The molecule has 2 saturated heterocycles. The summed E-state index contributed by atoms with van der Waals surface area (Å²) in [5.41, 5.74) is 4.62. The highest BCUT2D eigenvalue weighted by atomic mass is 19.1. The van der Waals surface area contributed by atoms with Gasteiger partial charge >= 0.3 is 0 Å². The van der Waals surface area contributed by atoms with Crippen molar-refractivity contribution in [2.75, 3.05) is 26.2 Å². The maximum atomic E-state index is 13.3. The predicted octanol–water partition coefficient (Wildman–Crippen LogP) is 4.31. The van der Waals surface area contributed by atoms with Crippen molar-refractivity contribution in [2.45, 2.75) is 37.4 Å². The highest BCUT2D eigenvalue weighted by Gasteiger charge is 2.48. The van der Waals surface area contributed by atoms with E-state index in [1.165, 1.54) is 29.7 Å². The first kappa shape index (κ1) is 21.3. The maximum absolute atomic E-state index is 13.3. The molecule has 1 aromatic heterocycles. The number of aliphatic hydroxyl groups is 1. The first-order chi connectivity index (χ1) is 15.7. The fourth-order valence-corrected chi connectivity index (χ4v) is 5.45. The number of hydrogen-bond donors (Lipinski definition) is 1.